The summed E-state index contributed by atoms with van der Waals surface area (Å²) in [6, 6.07) is 3.92. The molecule has 0 amide bonds. The molecular formula is C18H24N4O2S. The van der Waals surface area contributed by atoms with Gasteiger partial charge >= 0.3 is 0 Å². The predicted octanol–water partition coefficient (Wildman–Crippen LogP) is 4.09. The second-order valence-electron chi connectivity index (χ2n) is 5.35. The maximum Gasteiger partial charge on any atom is 0.205 e. The Morgan fingerprint density at radius 1 is 1.44 bits per heavy atom. The van der Waals surface area contributed by atoms with Gasteiger partial charge in [-0.3, -0.25) is 5.43 Å². The number of benzene rings is 1. The highest BCUT2D eigenvalue weighted by Crippen LogP contribution is 2.33. The summed E-state index contributed by atoms with van der Waals surface area (Å²) in [6.45, 7) is 6.62. The van der Waals surface area contributed by atoms with Crippen LogP contribution in [0.2, 0.25) is 0 Å². The fourth-order valence-electron chi connectivity index (χ4n) is 2.20. The van der Waals surface area contributed by atoms with Gasteiger partial charge < -0.3 is 15.2 Å². The third-order valence-electron chi connectivity index (χ3n) is 3.38. The Morgan fingerprint density at radius 2 is 2.28 bits per heavy atom. The molecule has 0 saturated heterocycles. The second kappa shape index (κ2) is 9.68. The first kappa shape index (κ1) is 18.8. The van der Waals surface area contributed by atoms with Gasteiger partial charge in [-0.05, 0) is 30.5 Å². The number of hydrogen-bond donors (Lipinski definition) is 2. The quantitative estimate of drug-likeness (QED) is 0.289. The molecule has 1 aromatic heterocycles. The van der Waals surface area contributed by atoms with Crippen molar-refractivity contribution in [2.75, 3.05) is 24.9 Å². The van der Waals surface area contributed by atoms with E-state index in [4.69, 9.17) is 15.2 Å². The van der Waals surface area contributed by atoms with Crippen LogP contribution in [0.4, 0.5) is 10.9 Å². The van der Waals surface area contributed by atoms with Crippen LogP contribution in [0.5, 0.6) is 11.5 Å². The van der Waals surface area contributed by atoms with E-state index in [1.165, 1.54) is 11.3 Å². The summed E-state index contributed by atoms with van der Waals surface area (Å²) >= 11 is 1.40. The third kappa shape index (κ3) is 5.49. The molecule has 0 atom stereocenters. The van der Waals surface area contributed by atoms with Gasteiger partial charge in [0.15, 0.2) is 11.5 Å². The number of hydrazone groups is 1. The molecule has 0 fully saturated rings. The number of hydrogen-bond acceptors (Lipinski definition) is 7. The van der Waals surface area contributed by atoms with E-state index in [2.05, 4.69) is 29.0 Å². The molecule has 134 valence electrons. The molecule has 0 aliphatic carbocycles. The van der Waals surface area contributed by atoms with Crippen molar-refractivity contribution in [2.45, 2.75) is 26.2 Å². The van der Waals surface area contributed by atoms with Crippen molar-refractivity contribution in [1.82, 2.24) is 4.98 Å². The Bertz CT molecular complexity index is 728. The predicted molar refractivity (Wildman–Crippen MR) is 105 cm³/mol. The fourth-order valence-corrected chi connectivity index (χ4v) is 2.75. The highest BCUT2D eigenvalue weighted by molar-refractivity contribution is 7.14. The average molecular weight is 360 g/mol. The summed E-state index contributed by atoms with van der Waals surface area (Å²) in [7, 11) is 1.64. The lowest BCUT2D eigenvalue weighted by molar-refractivity contribution is 0.286. The first-order valence-corrected chi connectivity index (χ1v) is 9.00. The zero-order chi connectivity index (χ0) is 18.1. The van der Waals surface area contributed by atoms with Crippen LogP contribution in [0.15, 0.2) is 35.3 Å². The number of allylic oxidation sites excluding steroid dienone is 1. The molecule has 2 aromatic rings. The van der Waals surface area contributed by atoms with Crippen molar-refractivity contribution >= 4 is 28.5 Å². The van der Waals surface area contributed by atoms with E-state index in [9.17, 15) is 0 Å². The van der Waals surface area contributed by atoms with Crippen molar-refractivity contribution < 1.29 is 9.47 Å². The maximum absolute atomic E-state index is 5.93. The first-order valence-electron chi connectivity index (χ1n) is 8.12. The molecule has 0 saturated carbocycles. The van der Waals surface area contributed by atoms with Crippen LogP contribution < -0.4 is 20.6 Å². The Kier molecular flexibility index (Phi) is 7.28. The van der Waals surface area contributed by atoms with Gasteiger partial charge in [0.2, 0.25) is 5.13 Å². The number of unbranched alkanes of at least 4 members (excludes halogenated alkanes) is 1. The maximum atomic E-state index is 5.93. The molecule has 6 nitrogen and oxygen atoms in total. The minimum Gasteiger partial charge on any atom is -0.493 e. The van der Waals surface area contributed by atoms with E-state index >= 15 is 0 Å². The summed E-state index contributed by atoms with van der Waals surface area (Å²) < 4.78 is 11.4. The van der Waals surface area contributed by atoms with Crippen molar-refractivity contribution in [3.05, 3.63) is 41.3 Å². The van der Waals surface area contributed by atoms with E-state index < -0.39 is 0 Å². The molecule has 0 aliphatic heterocycles. The topological polar surface area (TPSA) is 81.8 Å². The largest absolute Gasteiger partial charge is 0.493 e. The van der Waals surface area contributed by atoms with E-state index in [-0.39, 0.29) is 0 Å². The SMILES string of the molecule is C=CCc1cc(C=NNc2nc(N)cs2)cc(OC)c1OCCCC. The molecule has 1 aromatic carbocycles. The summed E-state index contributed by atoms with van der Waals surface area (Å²) in [4.78, 5) is 4.09. The molecule has 0 aliphatic rings. The number of nitrogens with two attached hydrogens (primary N) is 1. The summed E-state index contributed by atoms with van der Waals surface area (Å²) in [5.74, 6) is 1.94. The number of rotatable bonds is 10. The van der Waals surface area contributed by atoms with Crippen LogP contribution in [0.1, 0.15) is 30.9 Å². The van der Waals surface area contributed by atoms with E-state index in [1.807, 2.05) is 18.2 Å². The lowest BCUT2D eigenvalue weighted by Gasteiger charge is -2.15. The minimum atomic E-state index is 0.478. The lowest BCUT2D eigenvalue weighted by atomic mass is 10.1. The van der Waals surface area contributed by atoms with E-state index in [1.54, 1.807) is 18.7 Å². The smallest absolute Gasteiger partial charge is 0.205 e. The molecule has 3 N–H and O–H groups in total. The average Bonchev–Trinajstić information content (AvgIpc) is 3.02. The fraction of sp³-hybridized carbons (Fsp3) is 0.333. The molecular weight excluding hydrogens is 336 g/mol. The van der Waals surface area contributed by atoms with Crippen LogP contribution >= 0.6 is 11.3 Å². The molecule has 25 heavy (non-hydrogen) atoms. The number of nitrogens with one attached hydrogen (secondary N) is 1. The van der Waals surface area contributed by atoms with E-state index in [0.717, 1.165) is 29.7 Å². The summed E-state index contributed by atoms with van der Waals surface area (Å²) in [5.41, 5.74) is 10.4. The van der Waals surface area contributed by atoms with Gasteiger partial charge in [-0.1, -0.05) is 19.4 Å². The number of methoxy groups -OCH3 is 1. The zero-order valence-corrected chi connectivity index (χ0v) is 15.4. The molecule has 7 heteroatoms. The third-order valence-corrected chi connectivity index (χ3v) is 4.14. The Morgan fingerprint density at radius 3 is 2.92 bits per heavy atom. The van der Waals surface area contributed by atoms with Crippen LogP contribution in [0.25, 0.3) is 0 Å². The van der Waals surface area contributed by atoms with Gasteiger partial charge in [0.25, 0.3) is 0 Å². The lowest BCUT2D eigenvalue weighted by Crippen LogP contribution is -2.03. The molecule has 0 spiro atoms. The number of aromatic nitrogens is 1. The summed E-state index contributed by atoms with van der Waals surface area (Å²) in [5, 5.41) is 6.60. The molecule has 2 rings (SSSR count). The molecule has 1 heterocycles. The van der Waals surface area contributed by atoms with Crippen molar-refractivity contribution in [2.24, 2.45) is 5.10 Å². The normalized spacial score (nSPS) is 10.8. The van der Waals surface area contributed by atoms with Crippen molar-refractivity contribution in [1.29, 1.82) is 0 Å². The molecule has 0 bridgehead atoms. The van der Waals surface area contributed by atoms with Crippen molar-refractivity contribution in [3.8, 4) is 11.5 Å². The number of anilines is 2. The highest BCUT2D eigenvalue weighted by Gasteiger charge is 2.12. The van der Waals surface area contributed by atoms with Crippen molar-refractivity contribution in [3.63, 3.8) is 0 Å². The monoisotopic (exact) mass is 360 g/mol. The van der Waals surface area contributed by atoms with E-state index in [0.29, 0.717) is 29.7 Å². The Labute approximate surface area is 152 Å². The van der Waals surface area contributed by atoms with Crippen LogP contribution in [0, 0.1) is 0 Å². The zero-order valence-electron chi connectivity index (χ0n) is 14.6. The Balaban J connectivity index is 2.19. The minimum absolute atomic E-state index is 0.478. The van der Waals surface area contributed by atoms with Gasteiger partial charge in [0.05, 0.1) is 19.9 Å². The van der Waals surface area contributed by atoms with Crippen LogP contribution in [-0.2, 0) is 6.42 Å². The molecule has 0 unspecified atom stereocenters. The number of ether oxygens (including phenoxy) is 2. The first-order chi connectivity index (χ1) is 12.2. The summed E-state index contributed by atoms with van der Waals surface area (Å²) in [6.07, 6.45) is 6.33. The van der Waals surface area contributed by atoms with Crippen LogP contribution in [0.3, 0.4) is 0 Å². The Hall–Kier alpha value is -2.54. The molecule has 0 radical (unpaired) electrons. The van der Waals surface area contributed by atoms with Gasteiger partial charge in [-0.25, -0.2) is 4.98 Å². The second-order valence-corrected chi connectivity index (χ2v) is 6.21. The van der Waals surface area contributed by atoms with Crippen LogP contribution in [-0.4, -0.2) is 24.9 Å². The number of nitrogens with zero attached hydrogens (tertiary/aromatic N) is 2. The van der Waals surface area contributed by atoms with Gasteiger partial charge in [-0.2, -0.15) is 5.10 Å². The standard InChI is InChI=1S/C18H24N4O2S/c1-4-6-8-24-17-14(7-5-2)9-13(10-15(17)23-3)11-20-22-18-21-16(19)12-25-18/h5,9-12H,2,4,6-8,19H2,1,3H3,(H,21,22). The van der Waals surface area contributed by atoms with Gasteiger partial charge in [0, 0.05) is 10.9 Å². The highest BCUT2D eigenvalue weighted by atomic mass is 32.1. The number of nitrogen functional groups attached to an aromatic ring is 1. The van der Waals surface area contributed by atoms with Gasteiger partial charge in [0.1, 0.15) is 5.82 Å². The van der Waals surface area contributed by atoms with Gasteiger partial charge in [-0.15, -0.1) is 17.9 Å². The number of thiazole rings is 1.